The summed E-state index contributed by atoms with van der Waals surface area (Å²) in [6.45, 7) is 6.18. The van der Waals surface area contributed by atoms with Crippen LogP contribution in [0.3, 0.4) is 0 Å². The summed E-state index contributed by atoms with van der Waals surface area (Å²) in [5.74, 6) is 0.886. The summed E-state index contributed by atoms with van der Waals surface area (Å²) >= 11 is 7.37. The van der Waals surface area contributed by atoms with Gasteiger partial charge in [-0.1, -0.05) is 11.6 Å². The van der Waals surface area contributed by atoms with Crippen LogP contribution in [0.5, 0.6) is 5.75 Å². The van der Waals surface area contributed by atoms with Crippen LogP contribution in [-0.2, 0) is 17.8 Å². The van der Waals surface area contributed by atoms with E-state index in [9.17, 15) is 4.79 Å². The van der Waals surface area contributed by atoms with Crippen LogP contribution in [0.2, 0.25) is 5.02 Å². The van der Waals surface area contributed by atoms with Gasteiger partial charge >= 0.3 is 0 Å². The Labute approximate surface area is 181 Å². The molecule has 150 valence electrons. The molecule has 2 aromatic rings. The Hall–Kier alpha value is -1.05. The number of carbonyl (C=O) groups excluding carboxylic acids is 1. The lowest BCUT2D eigenvalue weighted by Gasteiger charge is -2.38. The van der Waals surface area contributed by atoms with Crippen molar-refractivity contribution in [3.8, 4) is 5.75 Å². The summed E-state index contributed by atoms with van der Waals surface area (Å²) in [4.78, 5) is 19.0. The Morgan fingerprint density at radius 3 is 2.74 bits per heavy atom. The van der Waals surface area contributed by atoms with Crippen molar-refractivity contribution in [1.29, 1.82) is 0 Å². The number of nitrogens with zero attached hydrogens (tertiary/aromatic N) is 2. The average molecular weight is 453 g/mol. The number of halogens is 3. The topological polar surface area (TPSA) is 54.5 Å². The van der Waals surface area contributed by atoms with Crippen molar-refractivity contribution in [3.63, 3.8) is 0 Å². The van der Waals surface area contributed by atoms with Crippen molar-refractivity contribution >= 4 is 53.7 Å². The number of aromatic nitrogens is 1. The predicted octanol–water partition coefficient (Wildman–Crippen LogP) is 3.97. The second-order valence-corrected chi connectivity index (χ2v) is 7.60. The molecule has 2 heterocycles. The number of nitrogens with one attached hydrogen (secondary N) is 1. The van der Waals surface area contributed by atoms with Gasteiger partial charge in [0.25, 0.3) is 0 Å². The van der Waals surface area contributed by atoms with E-state index in [4.69, 9.17) is 16.3 Å². The van der Waals surface area contributed by atoms with Gasteiger partial charge in [-0.2, -0.15) is 0 Å². The number of amides is 1. The molecule has 27 heavy (non-hydrogen) atoms. The van der Waals surface area contributed by atoms with Crippen molar-refractivity contribution in [2.75, 3.05) is 13.1 Å². The molecular weight excluding hydrogens is 429 g/mol. The highest BCUT2D eigenvalue weighted by Crippen LogP contribution is 2.19. The third-order valence-electron chi connectivity index (χ3n) is 4.46. The molecule has 1 aromatic carbocycles. The van der Waals surface area contributed by atoms with E-state index in [1.807, 2.05) is 22.4 Å². The summed E-state index contributed by atoms with van der Waals surface area (Å²) in [6.07, 6.45) is 0.342. The van der Waals surface area contributed by atoms with E-state index in [1.54, 1.807) is 12.1 Å². The first-order valence-electron chi connectivity index (χ1n) is 8.37. The van der Waals surface area contributed by atoms with Gasteiger partial charge in [-0.05, 0) is 38.1 Å². The Morgan fingerprint density at radius 2 is 2.04 bits per heavy atom. The zero-order valence-electron chi connectivity index (χ0n) is 15.2. The lowest BCUT2D eigenvalue weighted by Crippen LogP contribution is -2.57. The van der Waals surface area contributed by atoms with Crippen LogP contribution in [0.4, 0.5) is 0 Å². The first-order valence-corrected chi connectivity index (χ1v) is 9.63. The number of carbonyl (C=O) groups is 1. The summed E-state index contributed by atoms with van der Waals surface area (Å²) in [7, 11) is 0. The maximum atomic E-state index is 12.6. The molecule has 0 saturated carbocycles. The van der Waals surface area contributed by atoms with Gasteiger partial charge in [-0.25, -0.2) is 4.98 Å². The van der Waals surface area contributed by atoms with Gasteiger partial charge in [-0.3, -0.25) is 4.79 Å². The molecule has 1 fully saturated rings. The summed E-state index contributed by atoms with van der Waals surface area (Å²) in [6, 6.07) is 7.75. The normalized spacial score (nSPS) is 19.0. The van der Waals surface area contributed by atoms with Crippen molar-refractivity contribution < 1.29 is 9.53 Å². The van der Waals surface area contributed by atoms with E-state index in [0.717, 1.165) is 29.5 Å². The van der Waals surface area contributed by atoms with E-state index >= 15 is 0 Å². The van der Waals surface area contributed by atoms with Crippen LogP contribution in [0.15, 0.2) is 29.6 Å². The fraction of sp³-hybridized carbons (Fsp3) is 0.444. The van der Waals surface area contributed by atoms with Crippen LogP contribution < -0.4 is 10.1 Å². The molecule has 0 spiro atoms. The number of piperazine rings is 1. The first kappa shape index (κ1) is 24.0. The first-order chi connectivity index (χ1) is 12.0. The van der Waals surface area contributed by atoms with Gasteiger partial charge in [0, 0.05) is 35.6 Å². The Bertz CT molecular complexity index is 727. The van der Waals surface area contributed by atoms with E-state index in [-0.39, 0.29) is 36.8 Å². The van der Waals surface area contributed by atoms with Crippen molar-refractivity contribution in [2.45, 2.75) is 39.0 Å². The van der Waals surface area contributed by atoms with Gasteiger partial charge < -0.3 is 15.0 Å². The predicted molar refractivity (Wildman–Crippen MR) is 115 cm³/mol. The highest BCUT2D eigenvalue weighted by molar-refractivity contribution is 7.09. The number of hydrogen-bond acceptors (Lipinski definition) is 5. The molecule has 2 unspecified atom stereocenters. The number of ether oxygens (including phenoxy) is 1. The van der Waals surface area contributed by atoms with Gasteiger partial charge in [0.15, 0.2) is 0 Å². The molecule has 1 aliphatic rings. The quantitative estimate of drug-likeness (QED) is 0.746. The minimum absolute atomic E-state index is 0. The van der Waals surface area contributed by atoms with Crippen molar-refractivity contribution in [3.05, 3.63) is 45.4 Å². The van der Waals surface area contributed by atoms with E-state index in [0.29, 0.717) is 24.1 Å². The Morgan fingerprint density at radius 1 is 1.33 bits per heavy atom. The standard InChI is InChI=1S/C18H22ClN3O2S.2ClH/c1-12-13(2)22(8-7-20-12)18(23)9-15-11-25-17(21-15)10-24-16-5-3-14(19)4-6-16;;/h3-6,11-13,20H,7-10H2,1-2H3;2*1H. The summed E-state index contributed by atoms with van der Waals surface area (Å²) in [5, 5.41) is 6.87. The molecule has 2 atom stereocenters. The third kappa shape index (κ3) is 6.50. The van der Waals surface area contributed by atoms with Crippen LogP contribution in [0.1, 0.15) is 24.5 Å². The highest BCUT2D eigenvalue weighted by Gasteiger charge is 2.28. The minimum atomic E-state index is 0. The Balaban J connectivity index is 0.00000182. The second kappa shape index (κ2) is 11.1. The highest BCUT2D eigenvalue weighted by atomic mass is 35.5. The van der Waals surface area contributed by atoms with Crippen molar-refractivity contribution in [2.24, 2.45) is 0 Å². The van der Waals surface area contributed by atoms with Crippen LogP contribution in [0.25, 0.3) is 0 Å². The van der Waals surface area contributed by atoms with Crippen molar-refractivity contribution in [1.82, 2.24) is 15.2 Å². The van der Waals surface area contributed by atoms with Gasteiger partial charge in [0.1, 0.15) is 17.4 Å². The molecule has 0 bridgehead atoms. The van der Waals surface area contributed by atoms with Gasteiger partial charge in [0.2, 0.25) is 5.91 Å². The molecule has 1 saturated heterocycles. The second-order valence-electron chi connectivity index (χ2n) is 6.22. The SMILES string of the molecule is CC1NCCN(C(=O)Cc2csc(COc3ccc(Cl)cc3)n2)C1C.Cl.Cl. The van der Waals surface area contributed by atoms with Gasteiger partial charge in [0.05, 0.1) is 12.1 Å². The fourth-order valence-electron chi connectivity index (χ4n) is 2.84. The zero-order valence-corrected chi connectivity index (χ0v) is 18.4. The maximum absolute atomic E-state index is 12.6. The lowest BCUT2D eigenvalue weighted by molar-refractivity contribution is -0.134. The number of benzene rings is 1. The number of hydrogen-bond donors (Lipinski definition) is 1. The molecule has 0 aliphatic carbocycles. The number of rotatable bonds is 5. The molecule has 1 aliphatic heterocycles. The largest absolute Gasteiger partial charge is 0.486 e. The van der Waals surface area contributed by atoms with E-state index in [2.05, 4.69) is 24.1 Å². The van der Waals surface area contributed by atoms with Crippen LogP contribution in [0, 0.1) is 0 Å². The molecule has 1 amide bonds. The molecular formula is C18H24Cl3N3O2S. The molecule has 5 nitrogen and oxygen atoms in total. The van der Waals surface area contributed by atoms with E-state index < -0.39 is 0 Å². The minimum Gasteiger partial charge on any atom is -0.486 e. The monoisotopic (exact) mass is 451 g/mol. The maximum Gasteiger partial charge on any atom is 0.228 e. The lowest BCUT2D eigenvalue weighted by atomic mass is 10.1. The molecule has 3 rings (SSSR count). The fourth-order valence-corrected chi connectivity index (χ4v) is 3.67. The summed E-state index contributed by atoms with van der Waals surface area (Å²) in [5.41, 5.74) is 0.808. The smallest absolute Gasteiger partial charge is 0.228 e. The van der Waals surface area contributed by atoms with Crippen LogP contribution in [-0.4, -0.2) is 41.0 Å². The average Bonchev–Trinajstić information content (AvgIpc) is 3.04. The van der Waals surface area contributed by atoms with Gasteiger partial charge in [-0.15, -0.1) is 36.2 Å². The molecule has 0 radical (unpaired) electrons. The number of thiazole rings is 1. The summed E-state index contributed by atoms with van der Waals surface area (Å²) < 4.78 is 5.70. The van der Waals surface area contributed by atoms with E-state index in [1.165, 1.54) is 11.3 Å². The molecule has 9 heteroatoms. The van der Waals surface area contributed by atoms with Crippen LogP contribution >= 0.6 is 47.8 Å². The Kier molecular flexibility index (Phi) is 9.84. The third-order valence-corrected chi connectivity index (χ3v) is 5.59. The molecule has 1 N–H and O–H groups in total. The zero-order chi connectivity index (χ0) is 17.8. The molecule has 1 aromatic heterocycles.